The molecule has 0 spiro atoms. The van der Waals surface area contributed by atoms with Gasteiger partial charge in [0.15, 0.2) is 12.2 Å². The number of unbranched alkanes of at least 4 members (excludes halogenated alkanes) is 51. The highest BCUT2D eigenvalue weighted by molar-refractivity contribution is 7.47. The van der Waals surface area contributed by atoms with Crippen molar-refractivity contribution in [2.45, 2.75) is 452 Å². The van der Waals surface area contributed by atoms with Crippen molar-refractivity contribution in [1.82, 2.24) is 0 Å². The number of phosphoric acid groups is 2. The molecule has 0 amide bonds. The molecule has 0 aromatic heterocycles. The summed E-state index contributed by atoms with van der Waals surface area (Å²) in [7, 11) is -9.92. The fourth-order valence-electron chi connectivity index (χ4n) is 12.7. The van der Waals surface area contributed by atoms with E-state index in [4.69, 9.17) is 37.0 Å². The highest BCUT2D eigenvalue weighted by atomic mass is 31.2. The Kier molecular flexibility index (Phi) is 72.2. The monoisotopic (exact) mass is 1480 g/mol. The second kappa shape index (κ2) is 73.6. The van der Waals surface area contributed by atoms with Gasteiger partial charge in [0.2, 0.25) is 0 Å². The maximum absolute atomic E-state index is 13.1. The number of aliphatic hydroxyl groups is 1. The Hall–Kier alpha value is -1.94. The first-order valence-corrected chi connectivity index (χ1v) is 45.5. The van der Waals surface area contributed by atoms with Gasteiger partial charge in [-0.25, -0.2) is 9.13 Å². The molecule has 0 aliphatic rings. The van der Waals surface area contributed by atoms with Crippen molar-refractivity contribution >= 4 is 39.5 Å². The predicted octanol–water partition coefficient (Wildman–Crippen LogP) is 24.7. The molecule has 3 N–H and O–H groups in total. The Morgan fingerprint density at radius 1 is 0.267 bits per heavy atom. The van der Waals surface area contributed by atoms with Crippen LogP contribution >= 0.6 is 15.6 Å². The third kappa shape index (κ3) is 76.1. The molecule has 2 unspecified atom stereocenters. The van der Waals surface area contributed by atoms with E-state index in [1.807, 2.05) is 0 Å². The van der Waals surface area contributed by atoms with Gasteiger partial charge >= 0.3 is 39.5 Å². The van der Waals surface area contributed by atoms with Gasteiger partial charge in [-0.1, -0.05) is 382 Å². The van der Waals surface area contributed by atoms with Crippen molar-refractivity contribution < 1.29 is 80.2 Å². The smallest absolute Gasteiger partial charge is 0.462 e. The maximum atomic E-state index is 13.1. The van der Waals surface area contributed by atoms with Gasteiger partial charge in [-0.15, -0.1) is 0 Å². The van der Waals surface area contributed by atoms with E-state index < -0.39 is 97.5 Å². The molecule has 0 aliphatic heterocycles. The van der Waals surface area contributed by atoms with Crippen molar-refractivity contribution in [3.63, 3.8) is 0 Å². The van der Waals surface area contributed by atoms with Crippen LogP contribution in [0.15, 0.2) is 0 Å². The number of hydrogen-bond donors (Lipinski definition) is 3. The number of carbonyl (C=O) groups is 4. The molecule has 0 aliphatic carbocycles. The Bertz CT molecular complexity index is 1940. The van der Waals surface area contributed by atoms with E-state index >= 15 is 0 Å². The van der Waals surface area contributed by atoms with Crippen LogP contribution in [0.2, 0.25) is 0 Å². The minimum atomic E-state index is -4.96. The van der Waals surface area contributed by atoms with Gasteiger partial charge in [-0.3, -0.25) is 37.3 Å². The van der Waals surface area contributed by atoms with Crippen molar-refractivity contribution in [2.75, 3.05) is 39.6 Å². The fourth-order valence-corrected chi connectivity index (χ4v) is 14.3. The van der Waals surface area contributed by atoms with Crippen LogP contribution in [-0.4, -0.2) is 96.7 Å². The maximum Gasteiger partial charge on any atom is 0.472 e. The number of rotatable bonds is 81. The van der Waals surface area contributed by atoms with E-state index in [2.05, 4.69) is 41.5 Å². The van der Waals surface area contributed by atoms with Crippen LogP contribution in [-0.2, 0) is 65.4 Å². The van der Waals surface area contributed by atoms with Crippen LogP contribution in [0.4, 0.5) is 0 Å². The second-order valence-corrected chi connectivity index (χ2v) is 33.4. The van der Waals surface area contributed by atoms with Crippen molar-refractivity contribution in [3.8, 4) is 0 Å². The van der Waals surface area contributed by atoms with Gasteiger partial charge in [0.25, 0.3) is 0 Å². The van der Waals surface area contributed by atoms with Crippen LogP contribution in [0.1, 0.15) is 433 Å². The molecule has 0 fully saturated rings. The number of esters is 4. The van der Waals surface area contributed by atoms with Gasteiger partial charge in [0, 0.05) is 25.7 Å². The quantitative estimate of drug-likeness (QED) is 0.0222. The van der Waals surface area contributed by atoms with Crippen LogP contribution in [0, 0.1) is 11.8 Å². The summed E-state index contributed by atoms with van der Waals surface area (Å²) in [5.41, 5.74) is 0. The first kappa shape index (κ1) is 99.1. The van der Waals surface area contributed by atoms with Gasteiger partial charge in [0.05, 0.1) is 26.4 Å². The zero-order valence-electron chi connectivity index (χ0n) is 66.2. The minimum Gasteiger partial charge on any atom is -0.462 e. The zero-order valence-corrected chi connectivity index (χ0v) is 68.0. The number of carbonyl (C=O) groups excluding carboxylic acids is 4. The molecule has 0 heterocycles. The van der Waals surface area contributed by atoms with Crippen LogP contribution in [0.25, 0.3) is 0 Å². The van der Waals surface area contributed by atoms with Crippen molar-refractivity contribution in [3.05, 3.63) is 0 Å². The van der Waals surface area contributed by atoms with Crippen LogP contribution in [0.5, 0.6) is 0 Å². The summed E-state index contributed by atoms with van der Waals surface area (Å²) < 4.78 is 68.8. The molecule has 19 heteroatoms. The first-order chi connectivity index (χ1) is 48.9. The van der Waals surface area contributed by atoms with E-state index in [9.17, 15) is 43.2 Å². The number of hydrogen-bond acceptors (Lipinski definition) is 15. The van der Waals surface area contributed by atoms with E-state index in [0.717, 1.165) is 102 Å². The lowest BCUT2D eigenvalue weighted by atomic mass is 10.0. The third-order valence-electron chi connectivity index (χ3n) is 19.2. The lowest BCUT2D eigenvalue weighted by molar-refractivity contribution is -0.161. The number of ether oxygens (including phenoxy) is 4. The molecular formula is C82H160O17P2. The summed E-state index contributed by atoms with van der Waals surface area (Å²) in [6, 6.07) is 0. The van der Waals surface area contributed by atoms with E-state index in [0.29, 0.717) is 25.7 Å². The van der Waals surface area contributed by atoms with Crippen LogP contribution in [0.3, 0.4) is 0 Å². The summed E-state index contributed by atoms with van der Waals surface area (Å²) in [5, 5.41) is 10.6. The molecule has 0 saturated carbocycles. The van der Waals surface area contributed by atoms with Gasteiger partial charge in [-0.2, -0.15) is 0 Å². The van der Waals surface area contributed by atoms with E-state index in [-0.39, 0.29) is 25.7 Å². The lowest BCUT2D eigenvalue weighted by Gasteiger charge is -2.21. The normalized spacial score (nSPS) is 13.9. The van der Waals surface area contributed by atoms with E-state index in [1.165, 1.54) is 250 Å². The highest BCUT2D eigenvalue weighted by Crippen LogP contribution is 2.45. The summed E-state index contributed by atoms with van der Waals surface area (Å²) >= 11 is 0. The second-order valence-electron chi connectivity index (χ2n) is 30.5. The highest BCUT2D eigenvalue weighted by Gasteiger charge is 2.30. The van der Waals surface area contributed by atoms with E-state index in [1.54, 1.807) is 0 Å². The molecule has 0 saturated heterocycles. The molecule has 5 atom stereocenters. The summed E-state index contributed by atoms with van der Waals surface area (Å²) in [6.45, 7) is 9.70. The average molecular weight is 1480 g/mol. The molecule has 101 heavy (non-hydrogen) atoms. The molecule has 17 nitrogen and oxygen atoms in total. The third-order valence-corrected chi connectivity index (χ3v) is 21.1. The van der Waals surface area contributed by atoms with Crippen molar-refractivity contribution in [2.24, 2.45) is 11.8 Å². The SMILES string of the molecule is CCCCCCCCCCCCCCC(=O)OC[C@H](COP(=O)(O)OC[C@H](O)COP(=O)(O)OC[C@@H](COC(=O)CCCCCCCCCCCCCCCCCC(C)C)OC(=O)CCCCCCCCCCCCCCCCCCC(C)C)OC(=O)CCCCCCCCCCCCCC. The zero-order chi connectivity index (χ0) is 74.2. The lowest BCUT2D eigenvalue weighted by Crippen LogP contribution is -2.30. The predicted molar refractivity (Wildman–Crippen MR) is 414 cm³/mol. The largest absolute Gasteiger partial charge is 0.472 e. The fraction of sp³-hybridized carbons (Fsp3) is 0.951. The molecule has 0 bridgehead atoms. The molecule has 0 aromatic rings. The topological polar surface area (TPSA) is 237 Å². The van der Waals surface area contributed by atoms with Gasteiger partial charge in [-0.05, 0) is 37.5 Å². The van der Waals surface area contributed by atoms with Crippen molar-refractivity contribution in [1.29, 1.82) is 0 Å². The Balaban J connectivity index is 5.24. The summed E-state index contributed by atoms with van der Waals surface area (Å²) in [5.74, 6) is -0.489. The van der Waals surface area contributed by atoms with Gasteiger partial charge in [0.1, 0.15) is 19.3 Å². The molecular weight excluding hydrogens is 1320 g/mol. The minimum absolute atomic E-state index is 0.108. The van der Waals surface area contributed by atoms with Gasteiger partial charge < -0.3 is 33.8 Å². The summed E-state index contributed by atoms with van der Waals surface area (Å²) in [6.07, 6.45) is 63.7. The standard InChI is InChI=1S/C82H160O17P2/c1-7-9-11-13-15-17-19-34-40-46-52-58-64-79(84)92-70-77(98-81(86)66-60-54-48-42-35-20-18-16-14-12-10-8-2)72-96-100(88,89)94-68-76(83)69-95-101(90,91)97-73-78(71-93-80(85)65-59-53-47-41-36-30-27-23-25-29-33-39-45-51-57-63-75(5)6)99-82(87)67-61-55-49-43-37-31-26-22-21-24-28-32-38-44-50-56-62-74(3)4/h74-78,83H,7-73H2,1-6H3,(H,88,89)(H,90,91)/t76-,77+,78+/m0/s1. The summed E-state index contributed by atoms with van der Waals surface area (Å²) in [4.78, 5) is 73.1. The van der Waals surface area contributed by atoms with Crippen LogP contribution < -0.4 is 0 Å². The molecule has 0 aromatic carbocycles. The molecule has 600 valence electrons. The number of phosphoric ester groups is 2. The molecule has 0 radical (unpaired) electrons. The Morgan fingerprint density at radius 2 is 0.455 bits per heavy atom. The first-order valence-electron chi connectivity index (χ1n) is 42.5. The Labute approximate surface area is 619 Å². The average Bonchev–Trinajstić information content (AvgIpc) is 1.43. The number of aliphatic hydroxyl groups excluding tert-OH is 1. The Morgan fingerprint density at radius 3 is 0.673 bits per heavy atom. The molecule has 0 rings (SSSR count).